The molecule has 0 aromatic heterocycles. The molecule has 0 amide bonds. The minimum atomic E-state index is -0.198. The summed E-state index contributed by atoms with van der Waals surface area (Å²) in [4.78, 5) is 0. The van der Waals surface area contributed by atoms with Crippen LogP contribution in [0.15, 0.2) is 48.5 Å². The van der Waals surface area contributed by atoms with Crippen molar-refractivity contribution in [3.05, 3.63) is 69.7 Å². The van der Waals surface area contributed by atoms with Crippen LogP contribution in [0, 0.1) is 0 Å². The van der Waals surface area contributed by atoms with Gasteiger partial charge in [-0.15, -0.1) is 11.6 Å². The maximum atomic E-state index is 6.35. The lowest BCUT2D eigenvalue weighted by atomic mass is 10.0. The minimum Gasteiger partial charge on any atom is -0.113 e. The number of hydrogen-bond donors (Lipinski definition) is 0. The van der Waals surface area contributed by atoms with E-state index < -0.39 is 0 Å². The highest BCUT2D eigenvalue weighted by Gasteiger charge is 2.11. The summed E-state index contributed by atoms with van der Waals surface area (Å²) < 4.78 is 0. The summed E-state index contributed by atoms with van der Waals surface area (Å²) in [6.45, 7) is 0. The van der Waals surface area contributed by atoms with Crippen LogP contribution >= 0.6 is 34.8 Å². The monoisotopic (exact) mass is 270 g/mol. The molecule has 0 spiro atoms. The van der Waals surface area contributed by atoms with Crippen LogP contribution in [0.3, 0.4) is 0 Å². The van der Waals surface area contributed by atoms with E-state index in [1.807, 2.05) is 36.4 Å². The Hall–Kier alpha value is -0.690. The molecule has 0 saturated heterocycles. The van der Waals surface area contributed by atoms with Crippen molar-refractivity contribution in [2.45, 2.75) is 5.38 Å². The van der Waals surface area contributed by atoms with Crippen molar-refractivity contribution in [3.8, 4) is 0 Å². The molecule has 0 aliphatic rings. The number of rotatable bonds is 2. The Morgan fingerprint density at radius 3 is 2.06 bits per heavy atom. The topological polar surface area (TPSA) is 0 Å². The van der Waals surface area contributed by atoms with Crippen molar-refractivity contribution < 1.29 is 0 Å². The average Bonchev–Trinajstić information content (AvgIpc) is 2.33. The second kappa shape index (κ2) is 5.09. The van der Waals surface area contributed by atoms with Gasteiger partial charge in [-0.3, -0.25) is 0 Å². The van der Waals surface area contributed by atoms with E-state index in [1.165, 1.54) is 0 Å². The third kappa shape index (κ3) is 2.52. The Bertz CT molecular complexity index is 480. The Labute approximate surface area is 110 Å². The van der Waals surface area contributed by atoms with Crippen molar-refractivity contribution in [1.29, 1.82) is 0 Å². The predicted octanol–water partition coefficient (Wildman–Crippen LogP) is 5.32. The molecule has 0 unspecified atom stereocenters. The van der Waals surface area contributed by atoms with Crippen LogP contribution in [-0.2, 0) is 0 Å². The molecule has 0 bridgehead atoms. The lowest BCUT2D eigenvalue weighted by Crippen LogP contribution is -1.92. The molecule has 2 aromatic rings. The van der Waals surface area contributed by atoms with E-state index >= 15 is 0 Å². The van der Waals surface area contributed by atoms with Crippen molar-refractivity contribution in [1.82, 2.24) is 0 Å². The van der Waals surface area contributed by atoms with E-state index in [0.29, 0.717) is 10.0 Å². The predicted molar refractivity (Wildman–Crippen MR) is 70.6 cm³/mol. The molecule has 0 radical (unpaired) electrons. The highest BCUT2D eigenvalue weighted by atomic mass is 35.5. The first-order valence-electron chi connectivity index (χ1n) is 4.82. The zero-order valence-electron chi connectivity index (χ0n) is 8.33. The van der Waals surface area contributed by atoms with E-state index in [4.69, 9.17) is 34.8 Å². The van der Waals surface area contributed by atoms with E-state index in [1.54, 1.807) is 12.1 Å². The van der Waals surface area contributed by atoms with Crippen LogP contribution in [0.2, 0.25) is 10.0 Å². The number of benzene rings is 2. The largest absolute Gasteiger partial charge is 0.113 e. The smallest absolute Gasteiger partial charge is 0.0835 e. The van der Waals surface area contributed by atoms with Crippen LogP contribution < -0.4 is 0 Å². The van der Waals surface area contributed by atoms with Gasteiger partial charge in [-0.2, -0.15) is 0 Å². The van der Waals surface area contributed by atoms with Gasteiger partial charge < -0.3 is 0 Å². The summed E-state index contributed by atoms with van der Waals surface area (Å²) in [7, 11) is 0. The van der Waals surface area contributed by atoms with Gasteiger partial charge in [-0.05, 0) is 23.3 Å². The Morgan fingerprint density at radius 1 is 0.750 bits per heavy atom. The Balaban J connectivity index is 2.34. The molecule has 0 fully saturated rings. The fourth-order valence-corrected chi connectivity index (χ4v) is 2.07. The molecule has 0 heterocycles. The van der Waals surface area contributed by atoms with E-state index in [2.05, 4.69) is 0 Å². The molecular formula is C13H9Cl3. The summed E-state index contributed by atoms with van der Waals surface area (Å²) in [5, 5.41) is 0.874. The molecule has 16 heavy (non-hydrogen) atoms. The van der Waals surface area contributed by atoms with Crippen LogP contribution in [-0.4, -0.2) is 0 Å². The normalized spacial score (nSPS) is 12.4. The summed E-state index contributed by atoms with van der Waals surface area (Å²) in [5.74, 6) is 0. The van der Waals surface area contributed by atoms with Gasteiger partial charge in [0.05, 0.1) is 15.4 Å². The molecular weight excluding hydrogens is 263 g/mol. The van der Waals surface area contributed by atoms with Gasteiger partial charge in [0.15, 0.2) is 0 Å². The van der Waals surface area contributed by atoms with Gasteiger partial charge in [-0.25, -0.2) is 0 Å². The SMILES string of the molecule is Clc1ccc([C@@H](Cl)c2ccccc2)cc1Cl. The zero-order valence-corrected chi connectivity index (χ0v) is 10.6. The van der Waals surface area contributed by atoms with Gasteiger partial charge in [0.2, 0.25) is 0 Å². The first-order valence-corrected chi connectivity index (χ1v) is 6.01. The summed E-state index contributed by atoms with van der Waals surface area (Å²) in [5.41, 5.74) is 1.99. The van der Waals surface area contributed by atoms with E-state index in [-0.39, 0.29) is 5.38 Å². The van der Waals surface area contributed by atoms with Crippen molar-refractivity contribution in [2.24, 2.45) is 0 Å². The molecule has 82 valence electrons. The zero-order chi connectivity index (χ0) is 11.5. The van der Waals surface area contributed by atoms with Crippen molar-refractivity contribution in [2.75, 3.05) is 0 Å². The van der Waals surface area contributed by atoms with Crippen molar-refractivity contribution >= 4 is 34.8 Å². The summed E-state index contributed by atoms with van der Waals surface area (Å²) >= 11 is 18.2. The van der Waals surface area contributed by atoms with Gasteiger partial charge in [0, 0.05) is 0 Å². The average molecular weight is 272 g/mol. The maximum absolute atomic E-state index is 6.35. The molecule has 0 aliphatic carbocycles. The van der Waals surface area contributed by atoms with Gasteiger partial charge in [0.1, 0.15) is 0 Å². The number of halogens is 3. The molecule has 0 N–H and O–H groups in total. The second-order valence-electron chi connectivity index (χ2n) is 3.45. The minimum absolute atomic E-state index is 0.198. The summed E-state index contributed by atoms with van der Waals surface area (Å²) in [6.07, 6.45) is 0. The lowest BCUT2D eigenvalue weighted by molar-refractivity contribution is 1.14. The quantitative estimate of drug-likeness (QED) is 0.648. The molecule has 0 nitrogen and oxygen atoms in total. The van der Waals surface area contributed by atoms with E-state index in [0.717, 1.165) is 11.1 Å². The van der Waals surface area contributed by atoms with Gasteiger partial charge in [0.25, 0.3) is 0 Å². The molecule has 3 heteroatoms. The first-order chi connectivity index (χ1) is 7.68. The fourth-order valence-electron chi connectivity index (χ4n) is 1.48. The van der Waals surface area contributed by atoms with Crippen molar-refractivity contribution in [3.63, 3.8) is 0 Å². The lowest BCUT2D eigenvalue weighted by Gasteiger charge is -2.10. The molecule has 0 saturated carbocycles. The molecule has 0 aliphatic heterocycles. The third-order valence-corrected chi connectivity index (χ3v) is 3.57. The first kappa shape index (κ1) is 11.8. The third-order valence-electron chi connectivity index (χ3n) is 2.33. The highest BCUT2D eigenvalue weighted by Crippen LogP contribution is 2.32. The second-order valence-corrected chi connectivity index (χ2v) is 4.70. The Kier molecular flexibility index (Phi) is 3.75. The highest BCUT2D eigenvalue weighted by molar-refractivity contribution is 6.42. The van der Waals surface area contributed by atoms with E-state index in [9.17, 15) is 0 Å². The van der Waals surface area contributed by atoms with Crippen LogP contribution in [0.25, 0.3) is 0 Å². The van der Waals surface area contributed by atoms with Gasteiger partial charge >= 0.3 is 0 Å². The van der Waals surface area contributed by atoms with Crippen LogP contribution in [0.4, 0.5) is 0 Å². The molecule has 1 atom stereocenters. The summed E-state index contributed by atoms with van der Waals surface area (Å²) in [6, 6.07) is 15.3. The maximum Gasteiger partial charge on any atom is 0.0835 e. The van der Waals surface area contributed by atoms with Crippen LogP contribution in [0.5, 0.6) is 0 Å². The number of alkyl halides is 1. The fraction of sp³-hybridized carbons (Fsp3) is 0.0769. The molecule has 2 aromatic carbocycles. The van der Waals surface area contributed by atoms with Gasteiger partial charge in [-0.1, -0.05) is 59.6 Å². The Morgan fingerprint density at radius 2 is 1.44 bits per heavy atom. The standard InChI is InChI=1S/C13H9Cl3/c14-11-7-6-10(8-12(11)15)13(16)9-4-2-1-3-5-9/h1-8,13H/t13-/m0/s1. The molecule has 2 rings (SSSR count). The van der Waals surface area contributed by atoms with Crippen LogP contribution in [0.1, 0.15) is 16.5 Å². The number of hydrogen-bond acceptors (Lipinski definition) is 0.